The summed E-state index contributed by atoms with van der Waals surface area (Å²) < 4.78 is 6.34. The largest absolute Gasteiger partial charge is 0.465 e. The number of benzene rings is 1. The van der Waals surface area contributed by atoms with Crippen LogP contribution in [0.3, 0.4) is 0 Å². The zero-order valence-corrected chi connectivity index (χ0v) is 15.4. The van der Waals surface area contributed by atoms with Crippen molar-refractivity contribution in [1.82, 2.24) is 10.6 Å². The standard InChI is InChI=1S/C18H23BrN2O3/c1-3-4-5-6-11-24-17(22)15-12(2)20-18(23)21-16(15)13-7-9-14(19)10-8-13/h7-10,15-16H,2-6,11H2,1H3,(H2,20,21,23)/t15-,16+/m0/s1. The van der Waals surface area contributed by atoms with Crippen LogP contribution in [0.25, 0.3) is 0 Å². The van der Waals surface area contributed by atoms with Gasteiger partial charge in [-0.05, 0) is 24.1 Å². The summed E-state index contributed by atoms with van der Waals surface area (Å²) in [4.78, 5) is 24.3. The second-order valence-electron chi connectivity index (χ2n) is 5.86. The van der Waals surface area contributed by atoms with E-state index in [9.17, 15) is 9.59 Å². The zero-order valence-electron chi connectivity index (χ0n) is 13.8. The van der Waals surface area contributed by atoms with Crippen molar-refractivity contribution in [3.8, 4) is 0 Å². The number of hydrogen-bond acceptors (Lipinski definition) is 3. The summed E-state index contributed by atoms with van der Waals surface area (Å²) in [6.07, 6.45) is 4.16. The van der Waals surface area contributed by atoms with Gasteiger partial charge in [0.15, 0.2) is 0 Å². The highest BCUT2D eigenvalue weighted by atomic mass is 79.9. The molecule has 1 fully saturated rings. The molecule has 130 valence electrons. The number of esters is 1. The fourth-order valence-electron chi connectivity index (χ4n) is 2.70. The van der Waals surface area contributed by atoms with E-state index in [2.05, 4.69) is 40.1 Å². The van der Waals surface area contributed by atoms with Crippen molar-refractivity contribution in [3.63, 3.8) is 0 Å². The third kappa shape index (κ3) is 4.84. The molecule has 5 nitrogen and oxygen atoms in total. The molecule has 0 saturated carbocycles. The Labute approximate surface area is 151 Å². The van der Waals surface area contributed by atoms with Crippen LogP contribution < -0.4 is 10.6 Å². The maximum absolute atomic E-state index is 12.5. The number of rotatable bonds is 7. The quantitative estimate of drug-likeness (QED) is 0.541. The first-order chi connectivity index (χ1) is 11.5. The lowest BCUT2D eigenvalue weighted by Crippen LogP contribution is -2.51. The lowest BCUT2D eigenvalue weighted by Gasteiger charge is -2.33. The first kappa shape index (κ1) is 18.5. The first-order valence-corrected chi connectivity index (χ1v) is 9.00. The van der Waals surface area contributed by atoms with E-state index in [0.29, 0.717) is 12.3 Å². The van der Waals surface area contributed by atoms with Crippen molar-refractivity contribution in [2.24, 2.45) is 5.92 Å². The van der Waals surface area contributed by atoms with Crippen LogP contribution in [0, 0.1) is 5.92 Å². The Morgan fingerprint density at radius 3 is 2.62 bits per heavy atom. The van der Waals surface area contributed by atoms with Crippen LogP contribution in [-0.4, -0.2) is 18.6 Å². The van der Waals surface area contributed by atoms with Gasteiger partial charge in [-0.1, -0.05) is 60.8 Å². The van der Waals surface area contributed by atoms with Gasteiger partial charge in [0, 0.05) is 10.2 Å². The highest BCUT2D eigenvalue weighted by Gasteiger charge is 2.38. The Kier molecular flexibility index (Phi) is 6.85. The second kappa shape index (κ2) is 8.87. The molecule has 2 atom stereocenters. The lowest BCUT2D eigenvalue weighted by atomic mass is 9.89. The van der Waals surface area contributed by atoms with Crippen molar-refractivity contribution in [2.75, 3.05) is 6.61 Å². The average molecular weight is 395 g/mol. The van der Waals surface area contributed by atoms with Crippen molar-refractivity contribution < 1.29 is 14.3 Å². The van der Waals surface area contributed by atoms with E-state index in [1.807, 2.05) is 24.3 Å². The molecule has 1 heterocycles. The highest BCUT2D eigenvalue weighted by molar-refractivity contribution is 9.10. The number of urea groups is 1. The molecule has 1 saturated heterocycles. The smallest absolute Gasteiger partial charge is 0.319 e. The minimum atomic E-state index is -0.643. The van der Waals surface area contributed by atoms with Crippen molar-refractivity contribution in [1.29, 1.82) is 0 Å². The normalized spacial score (nSPS) is 20.2. The third-order valence-electron chi connectivity index (χ3n) is 3.99. The summed E-state index contributed by atoms with van der Waals surface area (Å²) in [5.74, 6) is -1.01. The molecule has 1 aliphatic heterocycles. The molecule has 0 bridgehead atoms. The predicted molar refractivity (Wildman–Crippen MR) is 96.3 cm³/mol. The average Bonchev–Trinajstić information content (AvgIpc) is 2.54. The van der Waals surface area contributed by atoms with E-state index in [-0.39, 0.29) is 12.0 Å². The number of carbonyl (C=O) groups excluding carboxylic acids is 2. The Morgan fingerprint density at radius 2 is 1.96 bits per heavy atom. The summed E-state index contributed by atoms with van der Waals surface area (Å²) >= 11 is 3.38. The molecule has 0 spiro atoms. The molecule has 1 aromatic carbocycles. The van der Waals surface area contributed by atoms with E-state index in [0.717, 1.165) is 35.7 Å². The van der Waals surface area contributed by atoms with Gasteiger partial charge in [0.1, 0.15) is 5.92 Å². The Bertz CT molecular complexity index is 601. The third-order valence-corrected chi connectivity index (χ3v) is 4.52. The van der Waals surface area contributed by atoms with Crippen molar-refractivity contribution >= 4 is 27.9 Å². The fourth-order valence-corrected chi connectivity index (χ4v) is 2.97. The summed E-state index contributed by atoms with van der Waals surface area (Å²) in [7, 11) is 0. The summed E-state index contributed by atoms with van der Waals surface area (Å²) in [6.45, 7) is 6.36. The van der Waals surface area contributed by atoms with E-state index < -0.39 is 12.0 Å². The van der Waals surface area contributed by atoms with Crippen LogP contribution in [-0.2, 0) is 9.53 Å². The molecular weight excluding hydrogens is 372 g/mol. The molecule has 1 aromatic rings. The molecule has 24 heavy (non-hydrogen) atoms. The topological polar surface area (TPSA) is 67.4 Å². The van der Waals surface area contributed by atoms with E-state index in [4.69, 9.17) is 4.74 Å². The number of nitrogens with one attached hydrogen (secondary N) is 2. The summed E-state index contributed by atoms with van der Waals surface area (Å²) in [5.41, 5.74) is 1.20. The predicted octanol–water partition coefficient (Wildman–Crippen LogP) is 4.06. The number of hydrogen-bond donors (Lipinski definition) is 2. The lowest BCUT2D eigenvalue weighted by molar-refractivity contribution is -0.148. The molecule has 1 aliphatic rings. The van der Waals surface area contributed by atoms with Gasteiger partial charge in [0.05, 0.1) is 12.6 Å². The maximum Gasteiger partial charge on any atom is 0.319 e. The van der Waals surface area contributed by atoms with E-state index in [1.165, 1.54) is 0 Å². The molecule has 2 amide bonds. The molecule has 6 heteroatoms. The highest BCUT2D eigenvalue weighted by Crippen LogP contribution is 2.31. The van der Waals surface area contributed by atoms with Gasteiger partial charge in [-0.3, -0.25) is 4.79 Å². The molecule has 2 rings (SSSR count). The SMILES string of the molecule is C=C1NC(=O)N[C@H](c2ccc(Br)cc2)[C@H]1C(=O)OCCCCCC. The van der Waals surface area contributed by atoms with Crippen LogP contribution in [0.5, 0.6) is 0 Å². The van der Waals surface area contributed by atoms with Crippen LogP contribution in [0.4, 0.5) is 4.79 Å². The number of unbranched alkanes of at least 4 members (excludes halogenated alkanes) is 3. The van der Waals surface area contributed by atoms with Gasteiger partial charge in [-0.25, -0.2) is 4.79 Å². The van der Waals surface area contributed by atoms with Gasteiger partial charge in [0.2, 0.25) is 0 Å². The molecular formula is C18H23BrN2O3. The summed E-state index contributed by atoms with van der Waals surface area (Å²) in [5, 5.41) is 5.37. The monoisotopic (exact) mass is 394 g/mol. The number of ether oxygens (including phenoxy) is 1. The van der Waals surface area contributed by atoms with Crippen LogP contribution >= 0.6 is 15.9 Å². The van der Waals surface area contributed by atoms with Gasteiger partial charge in [-0.2, -0.15) is 0 Å². The Morgan fingerprint density at radius 1 is 1.25 bits per heavy atom. The number of amides is 2. The number of carbonyl (C=O) groups is 2. The van der Waals surface area contributed by atoms with Gasteiger partial charge < -0.3 is 15.4 Å². The van der Waals surface area contributed by atoms with E-state index >= 15 is 0 Å². The van der Waals surface area contributed by atoms with Crippen LogP contribution in [0.15, 0.2) is 41.0 Å². The summed E-state index contributed by atoms with van der Waals surface area (Å²) in [6, 6.07) is 6.64. The van der Waals surface area contributed by atoms with Gasteiger partial charge in [0.25, 0.3) is 0 Å². The Balaban J connectivity index is 2.07. The zero-order chi connectivity index (χ0) is 17.5. The minimum absolute atomic E-state index is 0.361. The molecule has 0 aliphatic carbocycles. The molecule has 0 radical (unpaired) electrons. The second-order valence-corrected chi connectivity index (χ2v) is 6.77. The molecule has 2 N–H and O–H groups in total. The Hall–Kier alpha value is -1.82. The fraction of sp³-hybridized carbons (Fsp3) is 0.444. The van der Waals surface area contributed by atoms with Crippen molar-refractivity contribution in [3.05, 3.63) is 46.6 Å². The molecule has 0 aromatic heterocycles. The van der Waals surface area contributed by atoms with E-state index in [1.54, 1.807) is 0 Å². The first-order valence-electron chi connectivity index (χ1n) is 8.21. The minimum Gasteiger partial charge on any atom is -0.465 e. The van der Waals surface area contributed by atoms with Crippen molar-refractivity contribution in [2.45, 2.75) is 38.6 Å². The maximum atomic E-state index is 12.5. The van der Waals surface area contributed by atoms with Gasteiger partial charge in [-0.15, -0.1) is 0 Å². The molecule has 0 unspecified atom stereocenters. The van der Waals surface area contributed by atoms with Crippen LogP contribution in [0.2, 0.25) is 0 Å². The van der Waals surface area contributed by atoms with Gasteiger partial charge >= 0.3 is 12.0 Å². The number of halogens is 1. The van der Waals surface area contributed by atoms with Crippen LogP contribution in [0.1, 0.15) is 44.2 Å².